The highest BCUT2D eigenvalue weighted by atomic mass is 16.3. The highest BCUT2D eigenvalue weighted by molar-refractivity contribution is 5.15. The van der Waals surface area contributed by atoms with Gasteiger partial charge in [0.25, 0.3) is 0 Å². The van der Waals surface area contributed by atoms with Crippen LogP contribution < -0.4 is 0 Å². The van der Waals surface area contributed by atoms with Crippen LogP contribution in [0.1, 0.15) is 25.0 Å². The van der Waals surface area contributed by atoms with E-state index >= 15 is 0 Å². The number of rotatable bonds is 1. The molecule has 0 spiro atoms. The molecule has 1 N–H and O–H groups in total. The summed E-state index contributed by atoms with van der Waals surface area (Å²) < 4.78 is 0. The molecular weight excluding hydrogens is 138 g/mol. The molecule has 0 bridgehead atoms. The van der Waals surface area contributed by atoms with Gasteiger partial charge in [-0.25, -0.2) is 0 Å². The van der Waals surface area contributed by atoms with Crippen molar-refractivity contribution in [2.24, 2.45) is 0 Å². The molecule has 0 aliphatic heterocycles. The van der Waals surface area contributed by atoms with E-state index in [1.54, 1.807) is 12.4 Å². The van der Waals surface area contributed by atoms with E-state index in [2.05, 4.69) is 4.98 Å². The van der Waals surface area contributed by atoms with E-state index in [4.69, 9.17) is 5.11 Å². The summed E-state index contributed by atoms with van der Waals surface area (Å²) >= 11 is 0. The summed E-state index contributed by atoms with van der Waals surface area (Å²) in [6, 6.07) is 1.91. The maximum absolute atomic E-state index is 8.62. The Morgan fingerprint density at radius 3 is 2.36 bits per heavy atom. The molecule has 62 valence electrons. The van der Waals surface area contributed by atoms with Crippen molar-refractivity contribution in [1.82, 2.24) is 4.98 Å². The molecule has 0 unspecified atom stereocenters. The second kappa shape index (κ2) is 5.86. The molecule has 0 saturated carbocycles. The molecule has 0 aromatic carbocycles. The monoisotopic (exact) mass is 153 g/mol. The van der Waals surface area contributed by atoms with Gasteiger partial charge >= 0.3 is 0 Å². The minimum absolute atomic E-state index is 0.0781. The van der Waals surface area contributed by atoms with Gasteiger partial charge in [-0.2, -0.15) is 0 Å². The largest absolute Gasteiger partial charge is 0.392 e. The second-order valence-electron chi connectivity index (χ2n) is 2.03. The average molecular weight is 153 g/mol. The minimum atomic E-state index is 0.0781. The number of pyridine rings is 1. The molecule has 2 heteroatoms. The maximum Gasteiger partial charge on any atom is 0.0696 e. The lowest BCUT2D eigenvalue weighted by atomic mass is 10.2. The summed E-state index contributed by atoms with van der Waals surface area (Å²) in [5, 5.41) is 8.62. The molecule has 11 heavy (non-hydrogen) atoms. The van der Waals surface area contributed by atoms with Crippen molar-refractivity contribution in [3.63, 3.8) is 0 Å². The Morgan fingerprint density at radius 2 is 2.00 bits per heavy atom. The van der Waals surface area contributed by atoms with E-state index in [0.717, 1.165) is 11.1 Å². The van der Waals surface area contributed by atoms with Crippen LogP contribution in [0.5, 0.6) is 0 Å². The normalized spacial score (nSPS) is 8.36. The Bertz CT molecular complexity index is 199. The molecule has 0 aliphatic carbocycles. The van der Waals surface area contributed by atoms with Crippen molar-refractivity contribution in [3.8, 4) is 0 Å². The third kappa shape index (κ3) is 3.73. The van der Waals surface area contributed by atoms with Gasteiger partial charge in [0.2, 0.25) is 0 Å². The number of aliphatic hydroxyl groups excluding tert-OH is 1. The van der Waals surface area contributed by atoms with Crippen molar-refractivity contribution in [3.05, 3.63) is 29.6 Å². The number of hydrogen-bond donors (Lipinski definition) is 1. The van der Waals surface area contributed by atoms with Crippen LogP contribution in [0, 0.1) is 6.92 Å². The van der Waals surface area contributed by atoms with Crippen LogP contribution in [0.3, 0.4) is 0 Å². The first-order valence-electron chi connectivity index (χ1n) is 3.84. The van der Waals surface area contributed by atoms with Crippen LogP contribution in [0.4, 0.5) is 0 Å². The second-order valence-corrected chi connectivity index (χ2v) is 2.03. The van der Waals surface area contributed by atoms with Crippen LogP contribution >= 0.6 is 0 Å². The molecule has 0 saturated heterocycles. The number of hydrogen-bond acceptors (Lipinski definition) is 2. The summed E-state index contributed by atoms with van der Waals surface area (Å²) in [6.07, 6.45) is 3.42. The number of aryl methyl sites for hydroxylation is 1. The molecule has 1 aromatic rings. The Morgan fingerprint density at radius 1 is 1.36 bits per heavy atom. The topological polar surface area (TPSA) is 33.1 Å². The molecule has 0 aliphatic rings. The number of aliphatic hydroxyl groups is 1. The Kier molecular flexibility index (Phi) is 5.39. The van der Waals surface area contributed by atoms with Crippen molar-refractivity contribution in [2.45, 2.75) is 27.4 Å². The van der Waals surface area contributed by atoms with Crippen LogP contribution in [0.25, 0.3) is 0 Å². The lowest BCUT2D eigenvalue weighted by molar-refractivity contribution is 0.281. The van der Waals surface area contributed by atoms with Crippen LogP contribution in [0.2, 0.25) is 0 Å². The first-order chi connectivity index (χ1) is 5.33. The van der Waals surface area contributed by atoms with E-state index < -0.39 is 0 Å². The number of aromatic nitrogens is 1. The zero-order valence-corrected chi connectivity index (χ0v) is 7.33. The van der Waals surface area contributed by atoms with E-state index in [-0.39, 0.29) is 6.61 Å². The molecule has 1 heterocycles. The van der Waals surface area contributed by atoms with Crippen molar-refractivity contribution >= 4 is 0 Å². The van der Waals surface area contributed by atoms with Gasteiger partial charge in [-0.05, 0) is 18.1 Å². The summed E-state index contributed by atoms with van der Waals surface area (Å²) in [7, 11) is 0. The van der Waals surface area contributed by atoms with Gasteiger partial charge in [-0.15, -0.1) is 0 Å². The van der Waals surface area contributed by atoms with Gasteiger partial charge in [0, 0.05) is 12.4 Å². The standard InChI is InChI=1S/C7H9NO.C2H6/c1-6-2-7(5-9)4-8-3-6;1-2/h2-4,9H,5H2,1H3;1-2H3. The SMILES string of the molecule is CC.Cc1cncc(CO)c1. The molecule has 0 amide bonds. The van der Waals surface area contributed by atoms with E-state index in [1.165, 1.54) is 0 Å². The molecule has 0 fully saturated rings. The molecular formula is C9H15NO. The number of nitrogens with zero attached hydrogens (tertiary/aromatic N) is 1. The smallest absolute Gasteiger partial charge is 0.0696 e. The summed E-state index contributed by atoms with van der Waals surface area (Å²) in [4.78, 5) is 3.90. The minimum Gasteiger partial charge on any atom is -0.392 e. The highest BCUT2D eigenvalue weighted by Gasteiger charge is 1.88. The zero-order valence-electron chi connectivity index (χ0n) is 7.33. The third-order valence-electron chi connectivity index (χ3n) is 1.11. The van der Waals surface area contributed by atoms with Crippen LogP contribution in [0.15, 0.2) is 18.5 Å². The van der Waals surface area contributed by atoms with Crippen LogP contribution in [-0.2, 0) is 6.61 Å². The lowest BCUT2D eigenvalue weighted by Crippen LogP contribution is -1.84. The van der Waals surface area contributed by atoms with Gasteiger partial charge in [0.15, 0.2) is 0 Å². The first kappa shape index (κ1) is 10.1. The summed E-state index contributed by atoms with van der Waals surface area (Å²) in [5.74, 6) is 0. The molecule has 2 nitrogen and oxygen atoms in total. The van der Waals surface area contributed by atoms with Crippen LogP contribution in [-0.4, -0.2) is 10.1 Å². The molecule has 0 radical (unpaired) electrons. The van der Waals surface area contributed by atoms with E-state index in [1.807, 2.05) is 26.8 Å². The third-order valence-corrected chi connectivity index (χ3v) is 1.11. The van der Waals surface area contributed by atoms with Crippen molar-refractivity contribution in [1.29, 1.82) is 0 Å². The van der Waals surface area contributed by atoms with Gasteiger partial charge in [-0.3, -0.25) is 4.98 Å². The highest BCUT2D eigenvalue weighted by Crippen LogP contribution is 1.99. The lowest BCUT2D eigenvalue weighted by Gasteiger charge is -1.93. The van der Waals surface area contributed by atoms with Crippen molar-refractivity contribution < 1.29 is 5.11 Å². The fraction of sp³-hybridized carbons (Fsp3) is 0.444. The predicted molar refractivity (Wildman–Crippen MR) is 46.2 cm³/mol. The summed E-state index contributed by atoms with van der Waals surface area (Å²) in [5.41, 5.74) is 1.96. The molecule has 0 atom stereocenters. The van der Waals surface area contributed by atoms with E-state index in [0.29, 0.717) is 0 Å². The Hall–Kier alpha value is -0.890. The van der Waals surface area contributed by atoms with Gasteiger partial charge in [-0.1, -0.05) is 19.9 Å². The fourth-order valence-corrected chi connectivity index (χ4v) is 0.704. The van der Waals surface area contributed by atoms with Crippen molar-refractivity contribution in [2.75, 3.05) is 0 Å². The Balaban J connectivity index is 0.000000461. The predicted octanol–water partition coefficient (Wildman–Crippen LogP) is 1.91. The average Bonchev–Trinajstić information content (AvgIpc) is 2.08. The Labute approximate surface area is 67.9 Å². The molecule has 1 aromatic heterocycles. The van der Waals surface area contributed by atoms with E-state index in [9.17, 15) is 0 Å². The quantitative estimate of drug-likeness (QED) is 0.668. The zero-order chi connectivity index (χ0) is 8.69. The molecule has 1 rings (SSSR count). The maximum atomic E-state index is 8.62. The first-order valence-corrected chi connectivity index (χ1v) is 3.84. The van der Waals surface area contributed by atoms with Gasteiger partial charge in [0.1, 0.15) is 0 Å². The summed E-state index contributed by atoms with van der Waals surface area (Å²) in [6.45, 7) is 6.03. The fourth-order valence-electron chi connectivity index (χ4n) is 0.704. The van der Waals surface area contributed by atoms with Gasteiger partial charge in [0.05, 0.1) is 6.61 Å². The van der Waals surface area contributed by atoms with Gasteiger partial charge < -0.3 is 5.11 Å².